The van der Waals surface area contributed by atoms with Gasteiger partial charge in [0.15, 0.2) is 6.29 Å². The van der Waals surface area contributed by atoms with E-state index in [0.717, 1.165) is 21.8 Å². The second kappa shape index (κ2) is 6.45. The second-order valence-corrected chi connectivity index (χ2v) is 8.21. The summed E-state index contributed by atoms with van der Waals surface area (Å²) in [5.74, 6) is -1.03. The molecule has 0 aliphatic carbocycles. The monoisotopic (exact) mass is 397 g/mol. The van der Waals surface area contributed by atoms with Crippen LogP contribution in [-0.4, -0.2) is 30.7 Å². The fraction of sp³-hybridized carbons (Fsp3) is 0.0952. The Kier molecular flexibility index (Phi) is 4.19. The Labute approximate surface area is 161 Å². The molecule has 3 aromatic carbocycles. The lowest BCUT2D eigenvalue weighted by atomic mass is 9.95. The first kappa shape index (κ1) is 18.2. The van der Waals surface area contributed by atoms with Crippen LogP contribution in [0.4, 0.5) is 4.39 Å². The molecule has 0 amide bonds. The van der Waals surface area contributed by atoms with E-state index < -0.39 is 15.8 Å². The maximum Gasteiger partial charge on any atom is 0.265 e. The number of rotatable bonds is 3. The molecule has 4 rings (SSSR count). The van der Waals surface area contributed by atoms with Crippen LogP contribution in [0.15, 0.2) is 59.5 Å². The lowest BCUT2D eigenvalue weighted by Crippen LogP contribution is -2.34. The zero-order valence-corrected chi connectivity index (χ0v) is 15.7. The summed E-state index contributed by atoms with van der Waals surface area (Å²) in [6.07, 6.45) is 0.628. The van der Waals surface area contributed by atoms with Gasteiger partial charge < -0.3 is 5.11 Å². The normalized spacial score (nSPS) is 15.6. The fourth-order valence-corrected chi connectivity index (χ4v) is 5.31. The van der Waals surface area contributed by atoms with Crippen molar-refractivity contribution >= 4 is 38.5 Å². The van der Waals surface area contributed by atoms with Crippen LogP contribution >= 0.6 is 0 Å². The highest BCUT2D eigenvalue weighted by molar-refractivity contribution is 7.89. The first-order valence-corrected chi connectivity index (χ1v) is 10.1. The van der Waals surface area contributed by atoms with E-state index in [0.29, 0.717) is 17.2 Å². The van der Waals surface area contributed by atoms with Gasteiger partial charge in [-0.1, -0.05) is 36.4 Å². The summed E-state index contributed by atoms with van der Waals surface area (Å²) in [6.45, 7) is 1.61. The van der Waals surface area contributed by atoms with Crippen LogP contribution in [-0.2, 0) is 10.0 Å². The second-order valence-electron chi connectivity index (χ2n) is 6.38. The predicted octanol–water partition coefficient (Wildman–Crippen LogP) is 4.20. The molecule has 142 valence electrons. The summed E-state index contributed by atoms with van der Waals surface area (Å²) < 4.78 is 41.1. The van der Waals surface area contributed by atoms with Crippen molar-refractivity contribution < 1.29 is 22.7 Å². The lowest BCUT2D eigenvalue weighted by Gasteiger charge is -2.32. The van der Waals surface area contributed by atoms with E-state index in [2.05, 4.69) is 0 Å². The topological polar surface area (TPSA) is 74.7 Å². The molecule has 0 saturated carbocycles. The van der Waals surface area contributed by atoms with Crippen LogP contribution < -0.4 is 0 Å². The zero-order chi connectivity index (χ0) is 20.1. The van der Waals surface area contributed by atoms with Gasteiger partial charge in [-0.2, -0.15) is 0 Å². The molecule has 1 heterocycles. The largest absolute Gasteiger partial charge is 0.505 e. The van der Waals surface area contributed by atoms with Crippen molar-refractivity contribution in [3.63, 3.8) is 0 Å². The molecular weight excluding hydrogens is 381 g/mol. The third-order valence-corrected chi connectivity index (χ3v) is 6.77. The van der Waals surface area contributed by atoms with E-state index in [-0.39, 0.29) is 34.0 Å². The molecule has 1 aliphatic heterocycles. The molecule has 7 heteroatoms. The summed E-state index contributed by atoms with van der Waals surface area (Å²) in [4.78, 5) is 11.4. The van der Waals surface area contributed by atoms with E-state index in [1.54, 1.807) is 31.2 Å². The Bertz CT molecular complexity index is 1260. The summed E-state index contributed by atoms with van der Waals surface area (Å²) >= 11 is 0. The van der Waals surface area contributed by atoms with E-state index >= 15 is 0 Å². The van der Waals surface area contributed by atoms with Crippen molar-refractivity contribution in [1.82, 2.24) is 4.31 Å². The number of sulfonamides is 1. The zero-order valence-electron chi connectivity index (χ0n) is 14.9. The average Bonchev–Trinajstić information content (AvgIpc) is 2.69. The molecule has 0 unspecified atom stereocenters. The molecule has 0 fully saturated rings. The summed E-state index contributed by atoms with van der Waals surface area (Å²) in [6, 6.07) is 13.8. The smallest absolute Gasteiger partial charge is 0.265 e. The minimum atomic E-state index is -4.12. The molecule has 0 bridgehead atoms. The highest BCUT2D eigenvalue weighted by atomic mass is 32.2. The van der Waals surface area contributed by atoms with Crippen LogP contribution in [0.25, 0.3) is 22.2 Å². The van der Waals surface area contributed by atoms with Gasteiger partial charge in [-0.15, -0.1) is 0 Å². The molecular formula is C21H16FNO4S. The number of carbonyl (C=O) groups excluding carboxylic acids is 1. The number of aliphatic hydroxyl groups is 1. The number of halogens is 1. The highest BCUT2D eigenvalue weighted by Crippen LogP contribution is 2.42. The summed E-state index contributed by atoms with van der Waals surface area (Å²) in [5.41, 5.74) is 0.594. The molecule has 28 heavy (non-hydrogen) atoms. The van der Waals surface area contributed by atoms with Crippen molar-refractivity contribution in [2.75, 3.05) is 6.54 Å². The van der Waals surface area contributed by atoms with Crippen LogP contribution in [0.2, 0.25) is 0 Å². The molecule has 0 saturated heterocycles. The molecule has 0 atom stereocenters. The van der Waals surface area contributed by atoms with Gasteiger partial charge in [0.05, 0.1) is 0 Å². The number of fused-ring (bicyclic) bond motifs is 2. The standard InChI is InChI=1S/C21H16FNO4S/c1-2-23-20(19-14(12-24)8-7-13-5-3-4-6-16(13)19)21(25)17-10-9-15(22)11-18(17)28(23,26)27/h3-12,25H,2H2,1H3. The number of carbonyl (C=O) groups is 1. The number of aliphatic hydroxyl groups excluding tert-OH is 1. The van der Waals surface area contributed by atoms with E-state index in [1.807, 2.05) is 12.1 Å². The number of hydrogen-bond donors (Lipinski definition) is 1. The maximum atomic E-state index is 13.7. The van der Waals surface area contributed by atoms with Crippen molar-refractivity contribution in [1.29, 1.82) is 0 Å². The van der Waals surface area contributed by atoms with Gasteiger partial charge in [0.2, 0.25) is 0 Å². The Morgan fingerprint density at radius 2 is 1.86 bits per heavy atom. The van der Waals surface area contributed by atoms with E-state index in [4.69, 9.17) is 0 Å². The van der Waals surface area contributed by atoms with Crippen LogP contribution in [0.3, 0.4) is 0 Å². The molecule has 0 aromatic heterocycles. The summed E-state index contributed by atoms with van der Waals surface area (Å²) in [7, 11) is -4.12. The summed E-state index contributed by atoms with van der Waals surface area (Å²) in [5, 5.41) is 12.4. The third kappa shape index (κ3) is 2.51. The highest BCUT2D eigenvalue weighted by Gasteiger charge is 2.38. The number of aldehydes is 1. The maximum absolute atomic E-state index is 13.7. The van der Waals surface area contributed by atoms with Gasteiger partial charge >= 0.3 is 0 Å². The van der Waals surface area contributed by atoms with Gasteiger partial charge in [-0.3, -0.25) is 9.10 Å². The Hall–Kier alpha value is -3.19. The first-order chi connectivity index (χ1) is 13.4. The van der Waals surface area contributed by atoms with Gasteiger partial charge in [0, 0.05) is 23.2 Å². The number of hydrogen-bond acceptors (Lipinski definition) is 4. The first-order valence-electron chi connectivity index (χ1n) is 8.63. The number of benzene rings is 3. The third-order valence-electron chi connectivity index (χ3n) is 4.85. The van der Waals surface area contributed by atoms with Crippen molar-refractivity contribution in [2.24, 2.45) is 0 Å². The van der Waals surface area contributed by atoms with E-state index in [9.17, 15) is 22.7 Å². The Morgan fingerprint density at radius 3 is 2.57 bits per heavy atom. The molecule has 1 aliphatic rings. The Balaban J connectivity index is 2.18. The average molecular weight is 397 g/mol. The predicted molar refractivity (Wildman–Crippen MR) is 105 cm³/mol. The SMILES string of the molecule is CCN1C(c2c(C=O)ccc3ccccc23)=C(O)c2ccc(F)cc2S1(=O)=O. The minimum Gasteiger partial charge on any atom is -0.505 e. The minimum absolute atomic E-state index is 0.000795. The van der Waals surface area contributed by atoms with Gasteiger partial charge in [0.25, 0.3) is 10.0 Å². The van der Waals surface area contributed by atoms with Crippen molar-refractivity contribution in [3.05, 3.63) is 77.1 Å². The number of nitrogens with zero attached hydrogens (tertiary/aromatic N) is 1. The van der Waals surface area contributed by atoms with Crippen molar-refractivity contribution in [2.45, 2.75) is 11.8 Å². The van der Waals surface area contributed by atoms with Crippen LogP contribution in [0.5, 0.6) is 0 Å². The van der Waals surface area contributed by atoms with Gasteiger partial charge in [-0.25, -0.2) is 12.8 Å². The van der Waals surface area contributed by atoms with Gasteiger partial charge in [0.1, 0.15) is 22.2 Å². The van der Waals surface area contributed by atoms with Crippen LogP contribution in [0.1, 0.15) is 28.4 Å². The molecule has 1 N–H and O–H groups in total. The van der Waals surface area contributed by atoms with Gasteiger partial charge in [-0.05, 0) is 35.9 Å². The molecule has 3 aromatic rings. The van der Waals surface area contributed by atoms with Crippen LogP contribution in [0, 0.1) is 5.82 Å². The fourth-order valence-electron chi connectivity index (χ4n) is 3.61. The Morgan fingerprint density at radius 1 is 1.11 bits per heavy atom. The quantitative estimate of drug-likeness (QED) is 0.672. The lowest BCUT2D eigenvalue weighted by molar-refractivity contribution is 0.112. The van der Waals surface area contributed by atoms with E-state index in [1.165, 1.54) is 6.07 Å². The van der Waals surface area contributed by atoms with Crippen molar-refractivity contribution in [3.8, 4) is 0 Å². The molecule has 0 spiro atoms. The molecule has 0 radical (unpaired) electrons. The molecule has 5 nitrogen and oxygen atoms in total.